The lowest BCUT2D eigenvalue weighted by molar-refractivity contribution is -0.158. The molecule has 5 rings (SSSR count). The van der Waals surface area contributed by atoms with Gasteiger partial charge in [0.2, 0.25) is 17.0 Å². The first-order chi connectivity index (χ1) is 20.2. The van der Waals surface area contributed by atoms with Crippen LogP contribution in [0.1, 0.15) is 28.2 Å². The zero-order chi connectivity index (χ0) is 29.9. The fourth-order valence-corrected chi connectivity index (χ4v) is 8.11. The zero-order valence-corrected chi connectivity index (χ0v) is 24.5. The summed E-state index contributed by atoms with van der Waals surface area (Å²) in [5, 5.41) is 32.6. The molecule has 0 saturated carbocycles. The molecule has 5 N–H and O–H groups in total. The number of nitrogens with zero attached hydrogens (tertiary/aromatic N) is 4. The highest BCUT2D eigenvalue weighted by molar-refractivity contribution is 8.01. The van der Waals surface area contributed by atoms with Crippen LogP contribution in [0, 0.1) is 5.41 Å². The molecule has 2 saturated heterocycles. The Bertz CT molecular complexity index is 1460. The molecule has 0 bridgehead atoms. The van der Waals surface area contributed by atoms with E-state index in [2.05, 4.69) is 36.6 Å². The van der Waals surface area contributed by atoms with E-state index in [0.29, 0.717) is 15.6 Å². The molecule has 4 unspecified atom stereocenters. The highest BCUT2D eigenvalue weighted by Crippen LogP contribution is 2.47. The van der Waals surface area contributed by atoms with Gasteiger partial charge in [0.1, 0.15) is 22.9 Å². The number of hydrogen-bond donors (Lipinski definition) is 5. The minimum Gasteiger partial charge on any atom is -0.481 e. The number of urea groups is 1. The van der Waals surface area contributed by atoms with E-state index in [1.54, 1.807) is 54.8 Å². The number of carbonyl (C=O) groups excluding carboxylic acids is 4. The molecule has 14 nitrogen and oxygen atoms in total. The van der Waals surface area contributed by atoms with Gasteiger partial charge in [-0.1, -0.05) is 55.1 Å². The Morgan fingerprint density at radius 1 is 1.21 bits per heavy atom. The standard InChI is InChI=1S/C25H26N8O6S3/c1-13(42-24-29-31-32-30-24)25(22(37)38)11-33-20(36)18(21(33)41-12-25)27-19(35)17(14-6-3-2-4-7-14)28-23(39)26-10-15(34)16-8-5-9-40-16/h2-9,13,17-18,21H,10-12H2,1H3,(H,27,35)(H,37,38)(H2,26,28,39)(H,29,30,31,32)/t13?,17?,18?,21-,25?/m1/s1. The van der Waals surface area contributed by atoms with Crippen LogP contribution < -0.4 is 16.0 Å². The number of thioether (sulfide) groups is 2. The van der Waals surface area contributed by atoms with E-state index in [0.717, 1.165) is 0 Å². The van der Waals surface area contributed by atoms with Gasteiger partial charge in [-0.05, 0) is 27.4 Å². The van der Waals surface area contributed by atoms with E-state index in [4.69, 9.17) is 0 Å². The van der Waals surface area contributed by atoms with Gasteiger partial charge in [-0.2, -0.15) is 0 Å². The number of carboxylic acids is 1. The SMILES string of the molecule is CC(Sc1nnn[nH]1)C1(C(=O)O)CS[C@@H]2C(NC(=O)C(NC(=O)NCC(=O)c3cccs3)c3ccccc3)C(=O)N2C1. The fraction of sp³-hybridized carbons (Fsp3) is 0.360. The number of Topliss-reactive ketones (excluding diaryl/α,β-unsaturated/α-hetero) is 1. The largest absolute Gasteiger partial charge is 0.481 e. The number of carbonyl (C=O) groups is 5. The number of β-lactam (4-membered cyclic amide) rings is 1. The molecule has 0 radical (unpaired) electrons. The number of thiophene rings is 1. The molecular formula is C25H26N8O6S3. The van der Waals surface area contributed by atoms with Gasteiger partial charge < -0.3 is 26.0 Å². The summed E-state index contributed by atoms with van der Waals surface area (Å²) in [6.45, 7) is 1.46. The number of hydrogen-bond acceptors (Lipinski definition) is 11. The van der Waals surface area contributed by atoms with E-state index in [1.165, 1.54) is 39.8 Å². The van der Waals surface area contributed by atoms with Gasteiger partial charge in [-0.25, -0.2) is 9.89 Å². The van der Waals surface area contributed by atoms with Crippen LogP contribution >= 0.6 is 34.9 Å². The first kappa shape index (κ1) is 29.5. The van der Waals surface area contributed by atoms with Crippen LogP contribution in [0.5, 0.6) is 0 Å². The number of tetrazole rings is 1. The predicted molar refractivity (Wildman–Crippen MR) is 154 cm³/mol. The number of nitrogens with one attached hydrogen (secondary N) is 4. The molecule has 3 aromatic rings. The molecule has 17 heteroatoms. The summed E-state index contributed by atoms with van der Waals surface area (Å²) in [7, 11) is 0. The third kappa shape index (κ3) is 5.98. The monoisotopic (exact) mass is 630 g/mol. The first-order valence-electron chi connectivity index (χ1n) is 12.7. The maximum atomic E-state index is 13.4. The van der Waals surface area contributed by atoms with Gasteiger partial charge >= 0.3 is 12.0 Å². The number of aliphatic carboxylic acids is 1. The second-order valence-electron chi connectivity index (χ2n) is 9.65. The Kier molecular flexibility index (Phi) is 8.79. The summed E-state index contributed by atoms with van der Waals surface area (Å²) in [5.41, 5.74) is -0.789. The highest BCUT2D eigenvalue weighted by atomic mass is 32.2. The zero-order valence-electron chi connectivity index (χ0n) is 22.1. The first-order valence-corrected chi connectivity index (χ1v) is 15.5. The van der Waals surface area contributed by atoms with Gasteiger partial charge in [-0.15, -0.1) is 28.2 Å². The van der Waals surface area contributed by atoms with Crippen molar-refractivity contribution in [3.8, 4) is 0 Å². The molecule has 4 amide bonds. The molecule has 2 aliphatic rings. The minimum absolute atomic E-state index is 0.0397. The summed E-state index contributed by atoms with van der Waals surface area (Å²) in [6.07, 6.45) is 0. The van der Waals surface area contributed by atoms with Gasteiger partial charge in [0, 0.05) is 17.5 Å². The van der Waals surface area contributed by atoms with E-state index < -0.39 is 51.9 Å². The van der Waals surface area contributed by atoms with Crippen molar-refractivity contribution in [1.82, 2.24) is 41.5 Å². The average molecular weight is 631 g/mol. The summed E-state index contributed by atoms with van der Waals surface area (Å²) in [6, 6.07) is 9.13. The molecule has 2 fully saturated rings. The lowest BCUT2D eigenvalue weighted by Gasteiger charge is -2.55. The molecule has 2 aliphatic heterocycles. The summed E-state index contributed by atoms with van der Waals surface area (Å²) >= 11 is 3.71. The van der Waals surface area contributed by atoms with Crippen molar-refractivity contribution in [2.45, 2.75) is 34.8 Å². The fourth-order valence-electron chi connectivity index (χ4n) is 4.67. The number of fused-ring (bicyclic) bond motifs is 1. The summed E-state index contributed by atoms with van der Waals surface area (Å²) in [4.78, 5) is 65.9. The maximum Gasteiger partial charge on any atom is 0.316 e. The molecule has 0 aliphatic carbocycles. The van der Waals surface area contributed by atoms with Crippen LogP contribution in [0.25, 0.3) is 0 Å². The topological polar surface area (TPSA) is 199 Å². The second kappa shape index (κ2) is 12.5. The molecule has 42 heavy (non-hydrogen) atoms. The predicted octanol–water partition coefficient (Wildman–Crippen LogP) is 1.14. The van der Waals surface area contributed by atoms with Gasteiger partial charge in [0.05, 0.1) is 11.4 Å². The number of ketones is 1. The van der Waals surface area contributed by atoms with Crippen molar-refractivity contribution in [2.75, 3.05) is 18.8 Å². The quantitative estimate of drug-likeness (QED) is 0.116. The van der Waals surface area contributed by atoms with Gasteiger partial charge in [0.15, 0.2) is 5.78 Å². The summed E-state index contributed by atoms with van der Waals surface area (Å²) < 4.78 is 0. The van der Waals surface area contributed by atoms with Crippen LogP contribution in [0.3, 0.4) is 0 Å². The molecular weight excluding hydrogens is 605 g/mol. The average Bonchev–Trinajstić information content (AvgIpc) is 3.72. The molecule has 5 atom stereocenters. The van der Waals surface area contributed by atoms with Crippen LogP contribution in [-0.2, 0) is 14.4 Å². The molecule has 1 aromatic carbocycles. The van der Waals surface area contributed by atoms with E-state index in [9.17, 15) is 29.1 Å². The molecule has 220 valence electrons. The number of aromatic nitrogens is 4. The van der Waals surface area contributed by atoms with Crippen molar-refractivity contribution < 1.29 is 29.1 Å². The number of rotatable bonds is 11. The van der Waals surface area contributed by atoms with Crippen LogP contribution in [0.2, 0.25) is 0 Å². The van der Waals surface area contributed by atoms with Crippen LogP contribution in [0.15, 0.2) is 53.0 Å². The smallest absolute Gasteiger partial charge is 0.316 e. The lowest BCUT2D eigenvalue weighted by atomic mass is 9.84. The van der Waals surface area contributed by atoms with Crippen molar-refractivity contribution in [3.05, 3.63) is 58.3 Å². The number of amides is 4. The Morgan fingerprint density at radius 2 is 2.00 bits per heavy atom. The number of carboxylic acid groups (broad SMARTS) is 1. The van der Waals surface area contributed by atoms with E-state index in [1.807, 2.05) is 0 Å². The van der Waals surface area contributed by atoms with Crippen LogP contribution in [0.4, 0.5) is 4.79 Å². The Labute approximate surface area is 251 Å². The minimum atomic E-state index is -1.27. The van der Waals surface area contributed by atoms with Gasteiger partial charge in [0.25, 0.3) is 0 Å². The molecule has 2 aromatic heterocycles. The van der Waals surface area contributed by atoms with Crippen molar-refractivity contribution in [3.63, 3.8) is 0 Å². The normalized spacial score (nSPS) is 22.7. The lowest BCUT2D eigenvalue weighted by Crippen LogP contribution is -2.75. The van der Waals surface area contributed by atoms with Crippen molar-refractivity contribution >= 4 is 64.5 Å². The van der Waals surface area contributed by atoms with E-state index in [-0.39, 0.29) is 24.6 Å². The Balaban J connectivity index is 1.23. The molecule has 0 spiro atoms. The van der Waals surface area contributed by atoms with Crippen LogP contribution in [-0.4, -0.2) is 95.7 Å². The van der Waals surface area contributed by atoms with Gasteiger partial charge in [-0.3, -0.25) is 19.2 Å². The van der Waals surface area contributed by atoms with E-state index >= 15 is 0 Å². The Hall–Kier alpha value is -3.96. The van der Waals surface area contributed by atoms with Crippen molar-refractivity contribution in [2.24, 2.45) is 5.41 Å². The number of aromatic amines is 1. The molecule has 4 heterocycles. The number of H-pyrrole nitrogens is 1. The Morgan fingerprint density at radius 3 is 2.67 bits per heavy atom. The summed E-state index contributed by atoms with van der Waals surface area (Å²) in [5.74, 6) is -2.14. The third-order valence-electron chi connectivity index (χ3n) is 7.10. The highest BCUT2D eigenvalue weighted by Gasteiger charge is 2.59. The third-order valence-corrected chi connectivity index (χ3v) is 10.8. The maximum absolute atomic E-state index is 13.4. The second-order valence-corrected chi connectivity index (χ2v) is 13.0. The van der Waals surface area contributed by atoms with Crippen molar-refractivity contribution in [1.29, 1.82) is 0 Å². The number of benzene rings is 1.